The molecule has 0 aromatic carbocycles. The van der Waals surface area contributed by atoms with Gasteiger partial charge in [0.15, 0.2) is 0 Å². The first-order chi connectivity index (χ1) is 11.6. The summed E-state index contributed by atoms with van der Waals surface area (Å²) in [4.78, 5) is 10.3. The summed E-state index contributed by atoms with van der Waals surface area (Å²) in [6.07, 6.45) is 17.1. The largest absolute Gasteiger partial charge is 0.481 e. The van der Waals surface area contributed by atoms with Gasteiger partial charge in [-0.05, 0) is 50.7 Å². The van der Waals surface area contributed by atoms with Crippen LogP contribution in [0.25, 0.3) is 0 Å². The van der Waals surface area contributed by atoms with E-state index >= 15 is 0 Å². The van der Waals surface area contributed by atoms with Gasteiger partial charge in [-0.25, -0.2) is 8.78 Å². The maximum absolute atomic E-state index is 13.5. The second kappa shape index (κ2) is 16.2. The van der Waals surface area contributed by atoms with E-state index in [0.29, 0.717) is 6.42 Å². The molecule has 0 radical (unpaired) electrons. The highest BCUT2D eigenvalue weighted by Gasteiger charge is 2.00. The fourth-order valence-corrected chi connectivity index (χ4v) is 2.00. The van der Waals surface area contributed by atoms with Gasteiger partial charge >= 0.3 is 5.97 Å². The van der Waals surface area contributed by atoms with Crippen LogP contribution in [0.4, 0.5) is 8.78 Å². The fourth-order valence-electron chi connectivity index (χ4n) is 2.00. The van der Waals surface area contributed by atoms with Crippen molar-refractivity contribution in [2.45, 2.75) is 71.1 Å². The number of halogens is 2. The van der Waals surface area contributed by atoms with E-state index in [2.05, 4.69) is 19.1 Å². The predicted molar refractivity (Wildman–Crippen MR) is 96.1 cm³/mol. The van der Waals surface area contributed by atoms with Crippen LogP contribution in [0.2, 0.25) is 0 Å². The normalized spacial score (nSPS) is 13.3. The Bertz CT molecular complexity index is 449. The zero-order valence-corrected chi connectivity index (χ0v) is 14.6. The molecule has 2 nitrogen and oxygen atoms in total. The fraction of sp³-hybridized carbons (Fsp3) is 0.550. The maximum Gasteiger partial charge on any atom is 0.303 e. The summed E-state index contributed by atoms with van der Waals surface area (Å²) in [5.41, 5.74) is 0. The number of carboxylic acid groups (broad SMARTS) is 1. The molecule has 136 valence electrons. The highest BCUT2D eigenvalue weighted by atomic mass is 19.1. The van der Waals surface area contributed by atoms with E-state index in [4.69, 9.17) is 5.11 Å². The summed E-state index contributed by atoms with van der Waals surface area (Å²) in [7, 11) is 0. The van der Waals surface area contributed by atoms with Gasteiger partial charge in [0.05, 0.1) is 5.83 Å². The Labute approximate surface area is 144 Å². The van der Waals surface area contributed by atoms with Crippen molar-refractivity contribution in [2.75, 3.05) is 0 Å². The quantitative estimate of drug-likeness (QED) is 0.278. The molecule has 4 heteroatoms. The summed E-state index contributed by atoms with van der Waals surface area (Å²) < 4.78 is 26.8. The molecular weight excluding hydrogens is 310 g/mol. The van der Waals surface area contributed by atoms with Crippen molar-refractivity contribution in [3.05, 3.63) is 48.1 Å². The van der Waals surface area contributed by atoms with E-state index in [0.717, 1.165) is 12.8 Å². The Morgan fingerprint density at radius 3 is 2.29 bits per heavy atom. The monoisotopic (exact) mass is 340 g/mol. The summed E-state index contributed by atoms with van der Waals surface area (Å²) in [5, 5.41) is 8.45. The van der Waals surface area contributed by atoms with Gasteiger partial charge in [-0.15, -0.1) is 0 Å². The first kappa shape index (κ1) is 22.3. The summed E-state index contributed by atoms with van der Waals surface area (Å²) in [5.74, 6) is -1.77. The van der Waals surface area contributed by atoms with Gasteiger partial charge in [0.2, 0.25) is 0 Å². The molecule has 0 aromatic rings. The second-order valence-electron chi connectivity index (χ2n) is 5.66. The van der Waals surface area contributed by atoms with Gasteiger partial charge in [-0.1, -0.05) is 44.1 Å². The van der Waals surface area contributed by atoms with E-state index in [1.807, 2.05) is 12.2 Å². The first-order valence-electron chi connectivity index (χ1n) is 8.77. The summed E-state index contributed by atoms with van der Waals surface area (Å²) in [6.45, 7) is 2.18. The Balaban J connectivity index is 3.81. The Morgan fingerprint density at radius 2 is 1.58 bits per heavy atom. The number of rotatable bonds is 14. The molecule has 1 N–H and O–H groups in total. The maximum atomic E-state index is 13.5. The van der Waals surface area contributed by atoms with Crippen LogP contribution in [0.5, 0.6) is 0 Å². The molecule has 0 saturated heterocycles. The average Bonchev–Trinajstić information content (AvgIpc) is 2.54. The Kier molecular flexibility index (Phi) is 15.0. The molecule has 0 unspecified atom stereocenters. The van der Waals surface area contributed by atoms with Crippen LogP contribution < -0.4 is 0 Å². The third kappa shape index (κ3) is 16.7. The van der Waals surface area contributed by atoms with E-state index in [1.165, 1.54) is 31.4 Å². The summed E-state index contributed by atoms with van der Waals surface area (Å²) in [6, 6.07) is 0. The van der Waals surface area contributed by atoms with Crippen LogP contribution in [0, 0.1) is 0 Å². The lowest BCUT2D eigenvalue weighted by atomic mass is 10.2. The molecule has 0 rings (SSSR count). The minimum atomic E-state index is -0.948. The number of aliphatic carboxylic acids is 1. The van der Waals surface area contributed by atoms with Gasteiger partial charge in [-0.2, -0.15) is 0 Å². The molecule has 0 saturated carbocycles. The SMILES string of the molecule is CCCCCC=CCC=CCC=C(F)CC=C(F)CCCC(=O)O. The molecule has 0 aliphatic rings. The second-order valence-corrected chi connectivity index (χ2v) is 5.66. The molecule has 0 spiro atoms. The average molecular weight is 340 g/mol. The van der Waals surface area contributed by atoms with Crippen molar-refractivity contribution in [3.63, 3.8) is 0 Å². The van der Waals surface area contributed by atoms with E-state index < -0.39 is 11.8 Å². The van der Waals surface area contributed by atoms with Crippen molar-refractivity contribution in [1.29, 1.82) is 0 Å². The van der Waals surface area contributed by atoms with Crippen molar-refractivity contribution in [1.82, 2.24) is 0 Å². The highest BCUT2D eigenvalue weighted by Crippen LogP contribution is 2.13. The third-order valence-corrected chi connectivity index (χ3v) is 3.38. The molecule has 0 aromatic heterocycles. The number of carboxylic acids is 1. The first-order valence-corrected chi connectivity index (χ1v) is 8.77. The Morgan fingerprint density at radius 1 is 0.875 bits per heavy atom. The van der Waals surface area contributed by atoms with Crippen LogP contribution in [0.3, 0.4) is 0 Å². The molecule has 0 fully saturated rings. The van der Waals surface area contributed by atoms with Crippen LogP contribution in [-0.4, -0.2) is 11.1 Å². The van der Waals surface area contributed by atoms with E-state index in [1.54, 1.807) is 0 Å². The van der Waals surface area contributed by atoms with Crippen molar-refractivity contribution < 1.29 is 18.7 Å². The number of unbranched alkanes of at least 4 members (excludes halogenated alkanes) is 3. The molecule has 0 amide bonds. The lowest BCUT2D eigenvalue weighted by Gasteiger charge is -1.96. The van der Waals surface area contributed by atoms with Gasteiger partial charge in [-0.3, -0.25) is 4.79 Å². The smallest absolute Gasteiger partial charge is 0.303 e. The zero-order valence-electron chi connectivity index (χ0n) is 14.6. The van der Waals surface area contributed by atoms with E-state index in [-0.39, 0.29) is 31.5 Å². The standard InChI is InChI=1S/C20H30F2O2/c1-2-3-4-5-6-7-8-9-10-11-13-18(21)16-17-19(22)14-12-15-20(23)24/h6-7,9-10,13,17H,2-5,8,11-12,14-16H2,1H3,(H,23,24). The predicted octanol–water partition coefficient (Wildman–Crippen LogP) is 6.81. The van der Waals surface area contributed by atoms with Gasteiger partial charge in [0.25, 0.3) is 0 Å². The number of hydrogen-bond acceptors (Lipinski definition) is 1. The van der Waals surface area contributed by atoms with Crippen LogP contribution in [0.1, 0.15) is 71.1 Å². The van der Waals surface area contributed by atoms with Gasteiger partial charge in [0.1, 0.15) is 5.83 Å². The number of allylic oxidation sites excluding steroid dienone is 8. The molecule has 0 bridgehead atoms. The Hall–Kier alpha value is -1.71. The molecule has 0 heterocycles. The van der Waals surface area contributed by atoms with Crippen molar-refractivity contribution in [2.24, 2.45) is 0 Å². The minimum Gasteiger partial charge on any atom is -0.481 e. The molecular formula is C20H30F2O2. The molecule has 0 aliphatic heterocycles. The van der Waals surface area contributed by atoms with Crippen LogP contribution in [0.15, 0.2) is 48.1 Å². The lowest BCUT2D eigenvalue weighted by molar-refractivity contribution is -0.137. The van der Waals surface area contributed by atoms with E-state index in [9.17, 15) is 13.6 Å². The molecule has 0 aliphatic carbocycles. The van der Waals surface area contributed by atoms with Crippen LogP contribution in [-0.2, 0) is 4.79 Å². The summed E-state index contributed by atoms with van der Waals surface area (Å²) >= 11 is 0. The lowest BCUT2D eigenvalue weighted by Crippen LogP contribution is -1.93. The van der Waals surface area contributed by atoms with Gasteiger partial charge < -0.3 is 5.11 Å². The molecule has 0 atom stereocenters. The van der Waals surface area contributed by atoms with Crippen LogP contribution >= 0.6 is 0 Å². The van der Waals surface area contributed by atoms with Gasteiger partial charge in [0, 0.05) is 12.8 Å². The highest BCUT2D eigenvalue weighted by molar-refractivity contribution is 5.66. The topological polar surface area (TPSA) is 37.3 Å². The number of hydrogen-bond donors (Lipinski definition) is 1. The minimum absolute atomic E-state index is 0.0457. The third-order valence-electron chi connectivity index (χ3n) is 3.38. The van der Waals surface area contributed by atoms with Crippen molar-refractivity contribution in [3.8, 4) is 0 Å². The zero-order chi connectivity index (χ0) is 18.0. The van der Waals surface area contributed by atoms with Crippen molar-refractivity contribution >= 4 is 5.97 Å². The molecule has 24 heavy (non-hydrogen) atoms. The number of carbonyl (C=O) groups is 1.